The lowest BCUT2D eigenvalue weighted by molar-refractivity contribution is -0.119. The Labute approximate surface area is 118 Å². The van der Waals surface area contributed by atoms with Crippen molar-refractivity contribution in [2.45, 2.75) is 23.8 Å². The van der Waals surface area contributed by atoms with Gasteiger partial charge in [0.05, 0.1) is 10.6 Å². The lowest BCUT2D eigenvalue weighted by atomic mass is 10.1. The minimum atomic E-state index is -3.71. The van der Waals surface area contributed by atoms with E-state index in [1.807, 2.05) is 0 Å². The predicted molar refractivity (Wildman–Crippen MR) is 74.9 cm³/mol. The maximum Gasteiger partial charge on any atom is 0.235 e. The number of sulfone groups is 1. The van der Waals surface area contributed by atoms with E-state index in [2.05, 4.69) is 5.32 Å². The zero-order valence-electron chi connectivity index (χ0n) is 11.0. The largest absolute Gasteiger partial charge is 0.398 e. The first kappa shape index (κ1) is 14.8. The van der Waals surface area contributed by atoms with Crippen molar-refractivity contribution < 1.29 is 17.9 Å². The number of nitrogens with two attached hydrogens (primary N) is 1. The third-order valence-corrected chi connectivity index (χ3v) is 4.85. The SMILES string of the molecule is Nc1ccccc1S(=O)(=O)CC(=O)NC1CCOCC1. The summed E-state index contributed by atoms with van der Waals surface area (Å²) in [5.74, 6) is -1.08. The Morgan fingerprint density at radius 2 is 1.95 bits per heavy atom. The number of rotatable bonds is 4. The van der Waals surface area contributed by atoms with E-state index >= 15 is 0 Å². The fourth-order valence-electron chi connectivity index (χ4n) is 2.13. The van der Waals surface area contributed by atoms with E-state index in [1.165, 1.54) is 12.1 Å². The molecule has 0 aliphatic carbocycles. The fourth-order valence-corrected chi connectivity index (χ4v) is 3.42. The summed E-state index contributed by atoms with van der Waals surface area (Å²) in [5.41, 5.74) is 5.80. The molecule has 0 aromatic heterocycles. The van der Waals surface area contributed by atoms with E-state index in [1.54, 1.807) is 12.1 Å². The van der Waals surface area contributed by atoms with Crippen LogP contribution in [0.5, 0.6) is 0 Å². The highest BCUT2D eigenvalue weighted by Crippen LogP contribution is 2.18. The number of carbonyl (C=O) groups excluding carboxylic acids is 1. The summed E-state index contributed by atoms with van der Waals surface area (Å²) in [7, 11) is -3.71. The average molecular weight is 298 g/mol. The van der Waals surface area contributed by atoms with Crippen LogP contribution in [0.2, 0.25) is 0 Å². The van der Waals surface area contributed by atoms with E-state index in [9.17, 15) is 13.2 Å². The van der Waals surface area contributed by atoms with Crippen molar-refractivity contribution in [1.82, 2.24) is 5.32 Å². The Morgan fingerprint density at radius 1 is 1.30 bits per heavy atom. The molecule has 110 valence electrons. The molecule has 1 saturated heterocycles. The van der Waals surface area contributed by atoms with Gasteiger partial charge in [-0.3, -0.25) is 4.79 Å². The van der Waals surface area contributed by atoms with Gasteiger partial charge in [-0.05, 0) is 25.0 Å². The van der Waals surface area contributed by atoms with Crippen LogP contribution in [-0.2, 0) is 19.4 Å². The summed E-state index contributed by atoms with van der Waals surface area (Å²) in [4.78, 5) is 11.8. The molecule has 2 rings (SSSR count). The van der Waals surface area contributed by atoms with Crippen LogP contribution in [0.25, 0.3) is 0 Å². The van der Waals surface area contributed by atoms with Crippen molar-refractivity contribution in [3.05, 3.63) is 24.3 Å². The quantitative estimate of drug-likeness (QED) is 0.781. The van der Waals surface area contributed by atoms with Crippen LogP contribution >= 0.6 is 0 Å². The number of para-hydroxylation sites is 1. The van der Waals surface area contributed by atoms with Gasteiger partial charge in [-0.25, -0.2) is 8.42 Å². The van der Waals surface area contributed by atoms with Gasteiger partial charge in [-0.1, -0.05) is 12.1 Å². The first-order chi connectivity index (χ1) is 9.49. The number of benzene rings is 1. The number of ether oxygens (including phenoxy) is 1. The second kappa shape index (κ2) is 6.23. The molecule has 0 radical (unpaired) electrons. The topological polar surface area (TPSA) is 98.5 Å². The van der Waals surface area contributed by atoms with Crippen molar-refractivity contribution >= 4 is 21.4 Å². The molecule has 0 spiro atoms. The maximum atomic E-state index is 12.1. The zero-order valence-corrected chi connectivity index (χ0v) is 11.9. The summed E-state index contributed by atoms with van der Waals surface area (Å²) in [6.07, 6.45) is 1.42. The van der Waals surface area contributed by atoms with Gasteiger partial charge in [0.1, 0.15) is 5.75 Å². The molecule has 0 saturated carbocycles. The number of nitrogens with one attached hydrogen (secondary N) is 1. The predicted octanol–water partition coefficient (Wildman–Crippen LogP) is 0.338. The van der Waals surface area contributed by atoms with E-state index < -0.39 is 21.5 Å². The second-order valence-electron chi connectivity index (χ2n) is 4.75. The molecule has 1 aromatic carbocycles. The van der Waals surface area contributed by atoms with Crippen LogP contribution < -0.4 is 11.1 Å². The van der Waals surface area contributed by atoms with E-state index in [0.717, 1.165) is 0 Å². The molecule has 1 aliphatic heterocycles. The Balaban J connectivity index is 2.01. The van der Waals surface area contributed by atoms with Gasteiger partial charge in [-0.2, -0.15) is 0 Å². The lowest BCUT2D eigenvalue weighted by Crippen LogP contribution is -2.41. The fraction of sp³-hybridized carbons (Fsp3) is 0.462. The first-order valence-corrected chi connectivity index (χ1v) is 8.08. The van der Waals surface area contributed by atoms with Gasteiger partial charge < -0.3 is 15.8 Å². The molecule has 0 unspecified atom stereocenters. The highest BCUT2D eigenvalue weighted by Gasteiger charge is 2.23. The number of nitrogen functional groups attached to an aromatic ring is 1. The number of anilines is 1. The van der Waals surface area contributed by atoms with Gasteiger partial charge in [-0.15, -0.1) is 0 Å². The molecular weight excluding hydrogens is 280 g/mol. The standard InChI is InChI=1S/C13H18N2O4S/c14-11-3-1-2-4-12(11)20(17,18)9-13(16)15-10-5-7-19-8-6-10/h1-4,10H,5-9,14H2,(H,15,16). The number of hydrogen-bond acceptors (Lipinski definition) is 5. The molecule has 0 atom stereocenters. The first-order valence-electron chi connectivity index (χ1n) is 6.43. The molecule has 3 N–H and O–H groups in total. The second-order valence-corrected chi connectivity index (χ2v) is 6.71. The summed E-state index contributed by atoms with van der Waals surface area (Å²) < 4.78 is 29.5. The Morgan fingerprint density at radius 3 is 2.60 bits per heavy atom. The van der Waals surface area contributed by atoms with Gasteiger partial charge in [0, 0.05) is 19.3 Å². The van der Waals surface area contributed by atoms with Crippen molar-refractivity contribution in [1.29, 1.82) is 0 Å². The van der Waals surface area contributed by atoms with Crippen molar-refractivity contribution in [2.24, 2.45) is 0 Å². The molecule has 1 aromatic rings. The van der Waals surface area contributed by atoms with Gasteiger partial charge in [0.2, 0.25) is 5.91 Å². The molecule has 20 heavy (non-hydrogen) atoms. The molecule has 1 aliphatic rings. The number of amides is 1. The average Bonchev–Trinajstić information content (AvgIpc) is 2.39. The van der Waals surface area contributed by atoms with E-state index in [0.29, 0.717) is 26.1 Å². The normalized spacial score (nSPS) is 16.8. The monoisotopic (exact) mass is 298 g/mol. The van der Waals surface area contributed by atoms with Crippen LogP contribution in [0.15, 0.2) is 29.2 Å². The van der Waals surface area contributed by atoms with Crippen molar-refractivity contribution in [3.8, 4) is 0 Å². The third kappa shape index (κ3) is 3.71. The molecule has 6 nitrogen and oxygen atoms in total. The number of hydrogen-bond donors (Lipinski definition) is 2. The van der Waals surface area contributed by atoms with Crippen LogP contribution in [0.4, 0.5) is 5.69 Å². The van der Waals surface area contributed by atoms with Gasteiger partial charge in [0.15, 0.2) is 9.84 Å². The molecular formula is C13H18N2O4S. The lowest BCUT2D eigenvalue weighted by Gasteiger charge is -2.23. The van der Waals surface area contributed by atoms with E-state index in [4.69, 9.17) is 10.5 Å². The molecule has 0 bridgehead atoms. The van der Waals surface area contributed by atoms with Crippen LogP contribution in [0.1, 0.15) is 12.8 Å². The number of carbonyl (C=O) groups is 1. The highest BCUT2D eigenvalue weighted by molar-refractivity contribution is 7.92. The molecule has 1 amide bonds. The Bertz CT molecular complexity index is 580. The van der Waals surface area contributed by atoms with Crippen LogP contribution in [0.3, 0.4) is 0 Å². The van der Waals surface area contributed by atoms with Gasteiger partial charge >= 0.3 is 0 Å². The highest BCUT2D eigenvalue weighted by atomic mass is 32.2. The Kier molecular flexibility index (Phi) is 4.61. The van der Waals surface area contributed by atoms with Crippen LogP contribution in [-0.4, -0.2) is 39.3 Å². The minimum Gasteiger partial charge on any atom is -0.398 e. The zero-order chi connectivity index (χ0) is 14.6. The van der Waals surface area contributed by atoms with Gasteiger partial charge in [0.25, 0.3) is 0 Å². The molecule has 1 heterocycles. The molecule has 1 fully saturated rings. The Hall–Kier alpha value is -1.60. The van der Waals surface area contributed by atoms with E-state index in [-0.39, 0.29) is 16.6 Å². The van der Waals surface area contributed by atoms with Crippen molar-refractivity contribution in [3.63, 3.8) is 0 Å². The summed E-state index contributed by atoms with van der Waals surface area (Å²) in [6, 6.07) is 6.13. The van der Waals surface area contributed by atoms with Crippen LogP contribution in [0, 0.1) is 0 Å². The minimum absolute atomic E-state index is 0.00197. The third-order valence-electron chi connectivity index (χ3n) is 3.16. The maximum absolute atomic E-state index is 12.1. The summed E-state index contributed by atoms with van der Waals surface area (Å²) >= 11 is 0. The molecule has 7 heteroatoms. The smallest absolute Gasteiger partial charge is 0.235 e. The summed E-state index contributed by atoms with van der Waals surface area (Å²) in [5, 5.41) is 2.73. The summed E-state index contributed by atoms with van der Waals surface area (Å²) in [6.45, 7) is 1.17. The van der Waals surface area contributed by atoms with Crippen molar-refractivity contribution in [2.75, 3.05) is 24.7 Å².